The summed E-state index contributed by atoms with van der Waals surface area (Å²) in [6.07, 6.45) is 5.70. The van der Waals surface area contributed by atoms with Gasteiger partial charge in [0.05, 0.1) is 6.61 Å². The zero-order valence-corrected chi connectivity index (χ0v) is 29.0. The van der Waals surface area contributed by atoms with Crippen molar-refractivity contribution in [1.82, 2.24) is 0 Å². The zero-order chi connectivity index (χ0) is 34.0. The van der Waals surface area contributed by atoms with Crippen molar-refractivity contribution in [2.45, 2.75) is 96.8 Å². The minimum atomic E-state index is -0.231. The maximum absolute atomic E-state index is 12.4. The second-order valence-corrected chi connectivity index (χ2v) is 13.1. The Labute approximate surface area is 281 Å². The van der Waals surface area contributed by atoms with Crippen LogP contribution in [0.5, 0.6) is 17.2 Å². The number of unbranched alkanes of at least 4 members (excludes halogenated alkanes) is 1. The fourth-order valence-corrected chi connectivity index (χ4v) is 5.26. The van der Waals surface area contributed by atoms with Crippen LogP contribution >= 0.6 is 0 Å². The Morgan fingerprint density at radius 1 is 0.638 bits per heavy atom. The maximum atomic E-state index is 12.4. The first-order valence-electron chi connectivity index (χ1n) is 17.0. The molecule has 0 saturated carbocycles. The molecule has 0 amide bonds. The summed E-state index contributed by atoms with van der Waals surface area (Å²) < 4.78 is 28.3. The van der Waals surface area contributed by atoms with Crippen LogP contribution in [-0.4, -0.2) is 45.0 Å². The van der Waals surface area contributed by atoms with Gasteiger partial charge in [-0.15, -0.1) is 0 Å². The number of esters is 2. The van der Waals surface area contributed by atoms with Crippen molar-refractivity contribution >= 4 is 11.9 Å². The summed E-state index contributed by atoms with van der Waals surface area (Å²) in [4.78, 5) is 24.7. The predicted molar refractivity (Wildman–Crippen MR) is 185 cm³/mol. The maximum Gasteiger partial charge on any atom is 0.305 e. The lowest BCUT2D eigenvalue weighted by Gasteiger charge is -2.31. The van der Waals surface area contributed by atoms with Gasteiger partial charge >= 0.3 is 11.9 Å². The van der Waals surface area contributed by atoms with Gasteiger partial charge in [0.15, 0.2) is 0 Å². The molecule has 0 N–H and O–H groups in total. The fraction of sp³-hybridized carbons (Fsp3) is 0.500. The van der Waals surface area contributed by atoms with E-state index in [0.717, 1.165) is 54.1 Å². The molecule has 0 heterocycles. The molecule has 0 bridgehead atoms. The van der Waals surface area contributed by atoms with Gasteiger partial charge in [0.1, 0.15) is 43.7 Å². The zero-order valence-electron chi connectivity index (χ0n) is 29.0. The van der Waals surface area contributed by atoms with Gasteiger partial charge in [-0.2, -0.15) is 0 Å². The number of carbonyl (C=O) groups is 2. The monoisotopic (exact) mass is 645 g/mol. The molecule has 0 spiro atoms. The summed E-state index contributed by atoms with van der Waals surface area (Å²) in [5.41, 5.74) is 1.69. The summed E-state index contributed by atoms with van der Waals surface area (Å²) >= 11 is 0. The number of ether oxygens (including phenoxy) is 5. The van der Waals surface area contributed by atoms with Crippen molar-refractivity contribution in [3.05, 3.63) is 90.0 Å². The molecule has 1 radical (unpaired) electrons. The van der Waals surface area contributed by atoms with E-state index >= 15 is 0 Å². The van der Waals surface area contributed by atoms with Crippen LogP contribution in [0.1, 0.15) is 97.1 Å². The van der Waals surface area contributed by atoms with Crippen LogP contribution in [0.25, 0.3) is 0 Å². The minimum Gasteiger partial charge on any atom is -0.493 e. The Morgan fingerprint density at radius 3 is 1.66 bits per heavy atom. The van der Waals surface area contributed by atoms with Crippen molar-refractivity contribution in [3.63, 3.8) is 0 Å². The second kappa shape index (κ2) is 19.6. The first kappa shape index (κ1) is 37.5. The van der Waals surface area contributed by atoms with E-state index < -0.39 is 0 Å². The number of hydrogen-bond acceptors (Lipinski definition) is 7. The molecule has 3 aromatic rings. The van der Waals surface area contributed by atoms with Gasteiger partial charge in [-0.05, 0) is 91.0 Å². The normalized spacial score (nSPS) is 11.5. The molecule has 0 fully saturated rings. The average Bonchev–Trinajstić information content (AvgIpc) is 3.06. The lowest BCUT2D eigenvalue weighted by Crippen LogP contribution is -2.22. The fourth-order valence-electron chi connectivity index (χ4n) is 5.26. The Kier molecular flexibility index (Phi) is 15.6. The van der Waals surface area contributed by atoms with Gasteiger partial charge in [0, 0.05) is 18.4 Å². The van der Waals surface area contributed by atoms with Crippen LogP contribution in [0.3, 0.4) is 0 Å². The van der Waals surface area contributed by atoms with Gasteiger partial charge in [0.2, 0.25) is 0 Å². The summed E-state index contributed by atoms with van der Waals surface area (Å²) in [7, 11) is 0. The summed E-state index contributed by atoms with van der Waals surface area (Å²) in [6, 6.07) is 26.7. The summed E-state index contributed by atoms with van der Waals surface area (Å²) in [5, 5.41) is 0. The molecule has 0 atom stereocenters. The van der Waals surface area contributed by atoms with Gasteiger partial charge in [-0.3, -0.25) is 9.59 Å². The second-order valence-electron chi connectivity index (χ2n) is 13.1. The highest BCUT2D eigenvalue weighted by Crippen LogP contribution is 2.39. The molecular formula is C40H53O7. The molecule has 0 unspecified atom stereocenters. The van der Waals surface area contributed by atoms with E-state index in [2.05, 4.69) is 52.8 Å². The largest absolute Gasteiger partial charge is 0.493 e. The molecule has 47 heavy (non-hydrogen) atoms. The molecule has 3 aromatic carbocycles. The molecule has 0 aliphatic heterocycles. The number of benzene rings is 3. The van der Waals surface area contributed by atoms with Crippen LogP contribution in [-0.2, 0) is 29.9 Å². The molecule has 3 rings (SSSR count). The number of hydrogen-bond donors (Lipinski definition) is 0. The molecule has 0 aromatic heterocycles. The van der Waals surface area contributed by atoms with Crippen LogP contribution < -0.4 is 14.2 Å². The predicted octanol–water partition coefficient (Wildman–Crippen LogP) is 8.81. The van der Waals surface area contributed by atoms with Gasteiger partial charge in [0.25, 0.3) is 0 Å². The van der Waals surface area contributed by atoms with Gasteiger partial charge < -0.3 is 23.7 Å². The van der Waals surface area contributed by atoms with Gasteiger partial charge in [-0.1, -0.05) is 77.4 Å². The first-order valence-corrected chi connectivity index (χ1v) is 17.0. The minimum absolute atomic E-state index is 0.212. The van der Waals surface area contributed by atoms with Crippen molar-refractivity contribution < 1.29 is 33.3 Å². The van der Waals surface area contributed by atoms with Crippen LogP contribution in [0.2, 0.25) is 0 Å². The molecule has 255 valence electrons. The number of para-hydroxylation sites is 2. The highest BCUT2D eigenvalue weighted by molar-refractivity contribution is 5.69. The topological polar surface area (TPSA) is 80.3 Å². The van der Waals surface area contributed by atoms with Crippen LogP contribution in [0, 0.1) is 6.07 Å². The van der Waals surface area contributed by atoms with E-state index in [-0.39, 0.29) is 36.0 Å². The Hall–Kier alpha value is -4.00. The lowest BCUT2D eigenvalue weighted by atomic mass is 9.76. The van der Waals surface area contributed by atoms with Crippen molar-refractivity contribution in [2.75, 3.05) is 33.0 Å². The van der Waals surface area contributed by atoms with E-state index in [0.29, 0.717) is 45.5 Å². The standard InChI is InChI=1S/C40H53O7/c1-6-7-26-45-36-31-32(39(2,3)24-14-20-37(41)46-29-27-43-33-16-10-8-11-17-33)22-23-35(36)40(4,5)25-15-21-38(42)47-30-28-44-34-18-12-9-13-19-34/h8-13,16-19,23,31H,6-7,14-15,20-21,24-30H2,1-5H3. The highest BCUT2D eigenvalue weighted by Gasteiger charge is 2.28. The van der Waals surface area contributed by atoms with Crippen LogP contribution in [0.4, 0.5) is 0 Å². The van der Waals surface area contributed by atoms with E-state index in [9.17, 15) is 9.59 Å². The molecule has 0 saturated heterocycles. The number of carbonyl (C=O) groups excluding carboxylic acids is 2. The lowest BCUT2D eigenvalue weighted by molar-refractivity contribution is -0.145. The van der Waals surface area contributed by atoms with E-state index in [1.807, 2.05) is 60.7 Å². The summed E-state index contributed by atoms with van der Waals surface area (Å²) in [5.74, 6) is 1.95. The Morgan fingerprint density at radius 2 is 1.15 bits per heavy atom. The SMILES string of the molecule is CCCCOc1cc(C(C)(C)CCCC(=O)OCCOc2ccccc2)[c]cc1C(C)(C)CCCC(=O)OCCOc1ccccc1. The quantitative estimate of drug-likeness (QED) is 0.0798. The smallest absolute Gasteiger partial charge is 0.305 e. The Balaban J connectivity index is 1.48. The van der Waals surface area contributed by atoms with E-state index in [1.165, 1.54) is 0 Å². The van der Waals surface area contributed by atoms with Crippen molar-refractivity contribution in [2.24, 2.45) is 0 Å². The Bertz CT molecular complexity index is 1340. The molecule has 7 nitrogen and oxygen atoms in total. The van der Waals surface area contributed by atoms with Crippen molar-refractivity contribution in [1.29, 1.82) is 0 Å². The van der Waals surface area contributed by atoms with E-state index in [1.54, 1.807) is 0 Å². The van der Waals surface area contributed by atoms with Crippen LogP contribution in [0.15, 0.2) is 72.8 Å². The van der Waals surface area contributed by atoms with E-state index in [4.69, 9.17) is 23.7 Å². The van der Waals surface area contributed by atoms with Crippen molar-refractivity contribution in [3.8, 4) is 17.2 Å². The third-order valence-electron chi connectivity index (χ3n) is 8.21. The average molecular weight is 646 g/mol. The first-order chi connectivity index (χ1) is 22.6. The summed E-state index contributed by atoms with van der Waals surface area (Å²) in [6.45, 7) is 12.6. The molecule has 0 aliphatic rings. The number of rotatable bonds is 22. The molecule has 7 heteroatoms. The van der Waals surface area contributed by atoms with Gasteiger partial charge in [-0.25, -0.2) is 0 Å². The molecular weight excluding hydrogens is 592 g/mol. The highest BCUT2D eigenvalue weighted by atomic mass is 16.6. The third kappa shape index (κ3) is 13.7. The third-order valence-corrected chi connectivity index (χ3v) is 8.21. The molecule has 0 aliphatic carbocycles.